The Balaban J connectivity index is 1.45. The fourth-order valence-corrected chi connectivity index (χ4v) is 3.40. The summed E-state index contributed by atoms with van der Waals surface area (Å²) in [6.07, 6.45) is 6.66. The summed E-state index contributed by atoms with van der Waals surface area (Å²) in [4.78, 5) is 18.9. The number of ether oxygens (including phenoxy) is 1. The molecule has 0 unspecified atom stereocenters. The highest BCUT2D eigenvalue weighted by Gasteiger charge is 2.31. The summed E-state index contributed by atoms with van der Waals surface area (Å²) < 4.78 is 7.75. The van der Waals surface area contributed by atoms with Crippen molar-refractivity contribution < 1.29 is 9.53 Å². The van der Waals surface area contributed by atoms with Gasteiger partial charge < -0.3 is 9.64 Å². The number of aryl methyl sites for hydroxylation is 1. The summed E-state index contributed by atoms with van der Waals surface area (Å²) in [5.74, 6) is 1.01. The zero-order valence-electron chi connectivity index (χ0n) is 14.6. The molecule has 6 nitrogen and oxygen atoms in total. The van der Waals surface area contributed by atoms with Crippen LogP contribution in [0.4, 0.5) is 0 Å². The molecule has 1 fully saturated rings. The molecule has 0 saturated heterocycles. The number of rotatable bonds is 6. The Hall–Kier alpha value is -2.21. The lowest BCUT2D eigenvalue weighted by molar-refractivity contribution is -0.132. The van der Waals surface area contributed by atoms with E-state index in [1.807, 2.05) is 41.0 Å². The molecule has 0 N–H and O–H groups in total. The van der Waals surface area contributed by atoms with E-state index in [4.69, 9.17) is 4.74 Å². The molecule has 0 radical (unpaired) electrons. The van der Waals surface area contributed by atoms with E-state index < -0.39 is 0 Å². The Morgan fingerprint density at radius 1 is 1.32 bits per heavy atom. The molecule has 25 heavy (non-hydrogen) atoms. The predicted molar refractivity (Wildman–Crippen MR) is 92.9 cm³/mol. The SMILES string of the molecule is Cn1cc2c(n1)[C@H](COCC1CC1)CN(C(=O)Cc1ccccn1)C2. The average molecular weight is 340 g/mol. The second-order valence-corrected chi connectivity index (χ2v) is 7.16. The monoisotopic (exact) mass is 340 g/mol. The topological polar surface area (TPSA) is 60.2 Å². The van der Waals surface area contributed by atoms with Gasteiger partial charge in [-0.2, -0.15) is 5.10 Å². The molecule has 2 aromatic rings. The fraction of sp³-hybridized carbons (Fsp3) is 0.526. The number of hydrogen-bond donors (Lipinski definition) is 0. The Kier molecular flexibility index (Phi) is 4.53. The van der Waals surface area contributed by atoms with Gasteiger partial charge in [0.2, 0.25) is 5.91 Å². The van der Waals surface area contributed by atoms with E-state index in [2.05, 4.69) is 10.1 Å². The van der Waals surface area contributed by atoms with Crippen molar-refractivity contribution in [1.82, 2.24) is 19.7 Å². The fourth-order valence-electron chi connectivity index (χ4n) is 3.40. The summed E-state index contributed by atoms with van der Waals surface area (Å²) in [5, 5.41) is 4.61. The Bertz CT molecular complexity index is 739. The van der Waals surface area contributed by atoms with Gasteiger partial charge >= 0.3 is 0 Å². The molecular weight excluding hydrogens is 316 g/mol. The minimum atomic E-state index is 0.111. The molecule has 1 atom stereocenters. The summed E-state index contributed by atoms with van der Waals surface area (Å²) in [6.45, 7) is 2.75. The molecule has 0 bridgehead atoms. The molecule has 3 heterocycles. The lowest BCUT2D eigenvalue weighted by Gasteiger charge is -2.32. The second kappa shape index (κ2) is 6.96. The van der Waals surface area contributed by atoms with Gasteiger partial charge in [-0.15, -0.1) is 0 Å². The third-order valence-corrected chi connectivity index (χ3v) is 4.91. The maximum atomic E-state index is 12.7. The highest BCUT2D eigenvalue weighted by molar-refractivity contribution is 5.78. The van der Waals surface area contributed by atoms with Crippen LogP contribution in [0, 0.1) is 5.92 Å². The highest BCUT2D eigenvalue weighted by Crippen LogP contribution is 2.31. The summed E-state index contributed by atoms with van der Waals surface area (Å²) in [7, 11) is 1.93. The van der Waals surface area contributed by atoms with E-state index in [-0.39, 0.29) is 11.8 Å². The molecule has 1 aliphatic heterocycles. The normalized spacial score (nSPS) is 19.7. The van der Waals surface area contributed by atoms with Gasteiger partial charge in [0.1, 0.15) is 0 Å². The van der Waals surface area contributed by atoms with Crippen LogP contribution in [0.1, 0.15) is 35.7 Å². The van der Waals surface area contributed by atoms with Crippen molar-refractivity contribution in [2.45, 2.75) is 31.7 Å². The van der Waals surface area contributed by atoms with E-state index in [0.29, 0.717) is 26.1 Å². The van der Waals surface area contributed by atoms with Crippen LogP contribution < -0.4 is 0 Å². The quantitative estimate of drug-likeness (QED) is 0.806. The number of amides is 1. The van der Waals surface area contributed by atoms with Crippen molar-refractivity contribution in [2.24, 2.45) is 13.0 Å². The van der Waals surface area contributed by atoms with Crippen LogP contribution in [-0.4, -0.2) is 45.3 Å². The van der Waals surface area contributed by atoms with Crippen LogP contribution in [0.25, 0.3) is 0 Å². The van der Waals surface area contributed by atoms with Crippen LogP contribution >= 0.6 is 0 Å². The Labute approximate surface area is 147 Å². The first kappa shape index (κ1) is 16.3. The van der Waals surface area contributed by atoms with E-state index in [0.717, 1.165) is 29.5 Å². The van der Waals surface area contributed by atoms with Crippen molar-refractivity contribution in [3.63, 3.8) is 0 Å². The smallest absolute Gasteiger partial charge is 0.228 e. The maximum Gasteiger partial charge on any atom is 0.228 e. The first-order valence-corrected chi connectivity index (χ1v) is 8.97. The molecule has 4 rings (SSSR count). The molecule has 1 aliphatic carbocycles. The van der Waals surface area contributed by atoms with Crippen molar-refractivity contribution in [1.29, 1.82) is 0 Å². The number of pyridine rings is 1. The zero-order chi connectivity index (χ0) is 17.2. The van der Waals surface area contributed by atoms with Gasteiger partial charge in [-0.3, -0.25) is 14.5 Å². The molecule has 2 aliphatic rings. The van der Waals surface area contributed by atoms with Crippen molar-refractivity contribution >= 4 is 5.91 Å². The molecule has 0 spiro atoms. The van der Waals surface area contributed by atoms with Gasteiger partial charge in [-0.25, -0.2) is 0 Å². The first-order chi connectivity index (χ1) is 12.2. The Morgan fingerprint density at radius 2 is 2.20 bits per heavy atom. The summed E-state index contributed by atoms with van der Waals surface area (Å²) in [5.41, 5.74) is 3.02. The van der Waals surface area contributed by atoms with Crippen LogP contribution in [0.2, 0.25) is 0 Å². The lowest BCUT2D eigenvalue weighted by Crippen LogP contribution is -2.40. The van der Waals surface area contributed by atoms with Crippen LogP contribution in [0.3, 0.4) is 0 Å². The maximum absolute atomic E-state index is 12.7. The minimum Gasteiger partial charge on any atom is -0.380 e. The van der Waals surface area contributed by atoms with E-state index in [1.54, 1.807) is 6.20 Å². The van der Waals surface area contributed by atoms with E-state index in [1.165, 1.54) is 12.8 Å². The predicted octanol–water partition coefficient (Wildman–Crippen LogP) is 1.91. The van der Waals surface area contributed by atoms with Crippen molar-refractivity contribution in [3.05, 3.63) is 47.5 Å². The van der Waals surface area contributed by atoms with Gasteiger partial charge in [0, 0.05) is 56.3 Å². The van der Waals surface area contributed by atoms with Gasteiger partial charge in [0.25, 0.3) is 0 Å². The highest BCUT2D eigenvalue weighted by atomic mass is 16.5. The van der Waals surface area contributed by atoms with Gasteiger partial charge in [-0.1, -0.05) is 6.07 Å². The second-order valence-electron chi connectivity index (χ2n) is 7.16. The van der Waals surface area contributed by atoms with Gasteiger partial charge in [0.15, 0.2) is 0 Å². The minimum absolute atomic E-state index is 0.111. The van der Waals surface area contributed by atoms with Crippen LogP contribution in [0.15, 0.2) is 30.6 Å². The van der Waals surface area contributed by atoms with Crippen LogP contribution in [0.5, 0.6) is 0 Å². The summed E-state index contributed by atoms with van der Waals surface area (Å²) in [6, 6.07) is 5.68. The van der Waals surface area contributed by atoms with Gasteiger partial charge in [-0.05, 0) is 30.9 Å². The first-order valence-electron chi connectivity index (χ1n) is 8.97. The van der Waals surface area contributed by atoms with Crippen molar-refractivity contribution in [3.8, 4) is 0 Å². The van der Waals surface area contributed by atoms with Crippen LogP contribution in [-0.2, 0) is 29.5 Å². The number of fused-ring (bicyclic) bond motifs is 1. The number of aromatic nitrogens is 3. The number of nitrogens with zero attached hydrogens (tertiary/aromatic N) is 4. The van der Waals surface area contributed by atoms with E-state index >= 15 is 0 Å². The van der Waals surface area contributed by atoms with Crippen molar-refractivity contribution in [2.75, 3.05) is 19.8 Å². The van der Waals surface area contributed by atoms with Gasteiger partial charge in [0.05, 0.1) is 18.7 Å². The molecule has 1 amide bonds. The Morgan fingerprint density at radius 3 is 2.96 bits per heavy atom. The summed E-state index contributed by atoms with van der Waals surface area (Å²) >= 11 is 0. The molecule has 0 aromatic carbocycles. The number of carbonyl (C=O) groups excluding carboxylic acids is 1. The average Bonchev–Trinajstić information content (AvgIpc) is 3.34. The molecule has 6 heteroatoms. The number of carbonyl (C=O) groups is 1. The number of hydrogen-bond acceptors (Lipinski definition) is 4. The third kappa shape index (κ3) is 3.90. The largest absolute Gasteiger partial charge is 0.380 e. The zero-order valence-corrected chi connectivity index (χ0v) is 14.6. The standard InChI is InChI=1S/C19H24N4O2/c1-22-9-15-10-23(18(24)8-17-4-2-3-7-20-17)11-16(19(15)21-22)13-25-12-14-5-6-14/h2-4,7,9,14,16H,5-6,8,10-13H2,1H3/t16-/m0/s1. The van der Waals surface area contributed by atoms with E-state index in [9.17, 15) is 4.79 Å². The molecular formula is C19H24N4O2. The molecule has 2 aromatic heterocycles. The third-order valence-electron chi connectivity index (χ3n) is 4.91. The lowest BCUT2D eigenvalue weighted by atomic mass is 9.97. The molecule has 132 valence electrons. The molecule has 1 saturated carbocycles.